The molecule has 0 spiro atoms. The van der Waals surface area contributed by atoms with Gasteiger partial charge in [0.05, 0.1) is 0 Å². The van der Waals surface area contributed by atoms with E-state index in [9.17, 15) is 0 Å². The van der Waals surface area contributed by atoms with Crippen LogP contribution in [0.2, 0.25) is 0 Å². The summed E-state index contributed by atoms with van der Waals surface area (Å²) in [4.78, 5) is 0. The van der Waals surface area contributed by atoms with Gasteiger partial charge in [0.2, 0.25) is 0 Å². The third-order valence-electron chi connectivity index (χ3n) is 3.69. The fraction of sp³-hybridized carbons (Fsp3) is 0. The second-order valence-electron chi connectivity index (χ2n) is 5.04. The Morgan fingerprint density at radius 1 is 0.429 bits per heavy atom. The Balaban J connectivity index is 2.02. The Bertz CT molecular complexity index is 800. The Hall–Kier alpha value is -2.80. The van der Waals surface area contributed by atoms with Crippen LogP contribution in [0.3, 0.4) is 0 Å². The highest BCUT2D eigenvalue weighted by Gasteiger charge is 2.15. The molecule has 0 unspecified atom stereocenters. The molecule has 1 nitrogen and oxygen atoms in total. The molecule has 100 valence electrons. The lowest BCUT2D eigenvalue weighted by Crippen LogP contribution is -1.73. The molecule has 0 radical (unpaired) electrons. The summed E-state index contributed by atoms with van der Waals surface area (Å²) in [6, 6.07) is 28.9. The molecule has 3 aromatic carbocycles. The molecule has 0 saturated heterocycles. The lowest BCUT2D eigenvalue weighted by Gasteiger charge is -1.98. The van der Waals surface area contributed by atoms with Crippen molar-refractivity contribution in [3.8, 4) is 22.6 Å². The molecule has 0 amide bonds. The molecular weight excluding hydrogens is 256 g/mol. The van der Waals surface area contributed by atoms with Gasteiger partial charge < -0.3 is 4.42 Å². The van der Waals surface area contributed by atoms with Crippen LogP contribution in [0.1, 0.15) is 0 Å². The molecule has 4 aromatic rings. The quantitative estimate of drug-likeness (QED) is 0.451. The van der Waals surface area contributed by atoms with Crippen molar-refractivity contribution in [2.24, 2.45) is 0 Å². The van der Waals surface area contributed by atoms with E-state index in [0.29, 0.717) is 0 Å². The van der Waals surface area contributed by atoms with E-state index in [1.807, 2.05) is 36.4 Å². The molecule has 21 heavy (non-hydrogen) atoms. The van der Waals surface area contributed by atoms with E-state index in [2.05, 4.69) is 48.5 Å². The van der Waals surface area contributed by atoms with Crippen molar-refractivity contribution in [1.29, 1.82) is 0 Å². The van der Waals surface area contributed by atoms with Crippen molar-refractivity contribution in [3.63, 3.8) is 0 Å². The summed E-state index contributed by atoms with van der Waals surface area (Å²) < 4.78 is 6.24. The molecule has 1 aromatic heterocycles. The molecular formula is C20H14O. The SMILES string of the molecule is c1ccc(-c2oc(-c3ccccc3)c3ccccc23)cc1. The minimum absolute atomic E-state index is 0.935. The summed E-state index contributed by atoms with van der Waals surface area (Å²) in [5, 5.41) is 2.31. The van der Waals surface area contributed by atoms with Crippen LogP contribution >= 0.6 is 0 Å². The van der Waals surface area contributed by atoms with Gasteiger partial charge in [0.15, 0.2) is 0 Å². The van der Waals surface area contributed by atoms with Crippen molar-refractivity contribution < 1.29 is 4.42 Å². The number of furan rings is 1. The summed E-state index contributed by atoms with van der Waals surface area (Å²) in [5.74, 6) is 1.87. The average molecular weight is 270 g/mol. The highest BCUT2D eigenvalue weighted by Crippen LogP contribution is 2.38. The first-order chi connectivity index (χ1) is 10.4. The van der Waals surface area contributed by atoms with Crippen molar-refractivity contribution in [2.45, 2.75) is 0 Å². The summed E-state index contributed by atoms with van der Waals surface area (Å²) >= 11 is 0. The Morgan fingerprint density at radius 2 is 0.810 bits per heavy atom. The largest absolute Gasteiger partial charge is 0.455 e. The van der Waals surface area contributed by atoms with E-state index in [-0.39, 0.29) is 0 Å². The first-order valence-corrected chi connectivity index (χ1v) is 7.06. The molecule has 0 N–H and O–H groups in total. The van der Waals surface area contributed by atoms with Crippen LogP contribution in [0.4, 0.5) is 0 Å². The van der Waals surface area contributed by atoms with E-state index in [1.54, 1.807) is 0 Å². The lowest BCUT2D eigenvalue weighted by molar-refractivity contribution is 0.602. The average Bonchev–Trinajstić information content (AvgIpc) is 2.96. The maximum absolute atomic E-state index is 6.24. The minimum atomic E-state index is 0.935. The van der Waals surface area contributed by atoms with E-state index in [0.717, 1.165) is 33.4 Å². The predicted molar refractivity (Wildman–Crippen MR) is 87.1 cm³/mol. The van der Waals surface area contributed by atoms with Gasteiger partial charge in [-0.05, 0) is 0 Å². The fourth-order valence-corrected chi connectivity index (χ4v) is 2.70. The van der Waals surface area contributed by atoms with E-state index < -0.39 is 0 Å². The molecule has 0 saturated carbocycles. The van der Waals surface area contributed by atoms with Crippen LogP contribution in [-0.2, 0) is 0 Å². The Morgan fingerprint density at radius 3 is 1.24 bits per heavy atom. The normalized spacial score (nSPS) is 10.9. The molecule has 0 aliphatic heterocycles. The molecule has 0 aliphatic carbocycles. The van der Waals surface area contributed by atoms with E-state index in [1.165, 1.54) is 0 Å². The van der Waals surface area contributed by atoms with Crippen molar-refractivity contribution in [2.75, 3.05) is 0 Å². The van der Waals surface area contributed by atoms with Gasteiger partial charge in [-0.1, -0.05) is 84.9 Å². The van der Waals surface area contributed by atoms with Crippen LogP contribution in [0, 0.1) is 0 Å². The summed E-state index contributed by atoms with van der Waals surface area (Å²) in [5.41, 5.74) is 2.21. The maximum atomic E-state index is 6.24. The standard InChI is InChI=1S/C20H14O/c1-3-9-15(10-4-1)19-17-13-7-8-14-18(17)20(21-19)16-11-5-2-6-12-16/h1-14H. The molecule has 1 heteroatoms. The van der Waals surface area contributed by atoms with Gasteiger partial charge in [-0.15, -0.1) is 0 Å². The molecule has 0 aliphatic rings. The van der Waals surface area contributed by atoms with Gasteiger partial charge in [-0.2, -0.15) is 0 Å². The highest BCUT2D eigenvalue weighted by atomic mass is 16.3. The monoisotopic (exact) mass is 270 g/mol. The minimum Gasteiger partial charge on any atom is -0.455 e. The van der Waals surface area contributed by atoms with Crippen molar-refractivity contribution >= 4 is 10.8 Å². The molecule has 0 fully saturated rings. The van der Waals surface area contributed by atoms with Crippen LogP contribution in [-0.4, -0.2) is 0 Å². The maximum Gasteiger partial charge on any atom is 0.142 e. The Labute approximate surface area is 123 Å². The topological polar surface area (TPSA) is 13.1 Å². The smallest absolute Gasteiger partial charge is 0.142 e. The first-order valence-electron chi connectivity index (χ1n) is 7.06. The summed E-state index contributed by atoms with van der Waals surface area (Å²) in [7, 11) is 0. The van der Waals surface area contributed by atoms with Crippen LogP contribution < -0.4 is 0 Å². The van der Waals surface area contributed by atoms with Crippen molar-refractivity contribution in [3.05, 3.63) is 84.9 Å². The number of fused-ring (bicyclic) bond motifs is 1. The number of rotatable bonds is 2. The summed E-state index contributed by atoms with van der Waals surface area (Å²) in [6.07, 6.45) is 0. The molecule has 1 heterocycles. The fourth-order valence-electron chi connectivity index (χ4n) is 2.70. The van der Waals surface area contributed by atoms with Gasteiger partial charge in [-0.3, -0.25) is 0 Å². The molecule has 0 bridgehead atoms. The lowest BCUT2D eigenvalue weighted by atomic mass is 10.0. The highest BCUT2D eigenvalue weighted by molar-refractivity contribution is 6.02. The van der Waals surface area contributed by atoms with Gasteiger partial charge in [0.25, 0.3) is 0 Å². The third kappa shape index (κ3) is 2.03. The zero-order valence-electron chi connectivity index (χ0n) is 11.5. The molecule has 0 atom stereocenters. The number of hydrogen-bond donors (Lipinski definition) is 0. The van der Waals surface area contributed by atoms with E-state index in [4.69, 9.17) is 4.42 Å². The second kappa shape index (κ2) is 4.95. The van der Waals surface area contributed by atoms with Crippen LogP contribution in [0.15, 0.2) is 89.3 Å². The van der Waals surface area contributed by atoms with E-state index >= 15 is 0 Å². The molecule has 4 rings (SSSR count). The summed E-state index contributed by atoms with van der Waals surface area (Å²) in [6.45, 7) is 0. The second-order valence-corrected chi connectivity index (χ2v) is 5.04. The predicted octanol–water partition coefficient (Wildman–Crippen LogP) is 5.77. The van der Waals surface area contributed by atoms with Crippen LogP contribution in [0.25, 0.3) is 33.4 Å². The van der Waals surface area contributed by atoms with Gasteiger partial charge >= 0.3 is 0 Å². The van der Waals surface area contributed by atoms with Gasteiger partial charge in [-0.25, -0.2) is 0 Å². The number of benzene rings is 3. The van der Waals surface area contributed by atoms with Crippen molar-refractivity contribution in [1.82, 2.24) is 0 Å². The zero-order valence-corrected chi connectivity index (χ0v) is 11.5. The van der Waals surface area contributed by atoms with Crippen LogP contribution in [0.5, 0.6) is 0 Å². The Kier molecular flexibility index (Phi) is 2.82. The third-order valence-corrected chi connectivity index (χ3v) is 3.69. The number of hydrogen-bond acceptors (Lipinski definition) is 1. The first kappa shape index (κ1) is 12.0. The van der Waals surface area contributed by atoms with Gasteiger partial charge in [0.1, 0.15) is 11.5 Å². The zero-order chi connectivity index (χ0) is 14.1. The van der Waals surface area contributed by atoms with Gasteiger partial charge in [0, 0.05) is 21.9 Å².